The highest BCUT2D eigenvalue weighted by molar-refractivity contribution is 9.10. The summed E-state index contributed by atoms with van der Waals surface area (Å²) < 4.78 is 29.4. The first-order chi connectivity index (χ1) is 8.90. The van der Waals surface area contributed by atoms with Gasteiger partial charge in [-0.05, 0) is 34.1 Å². The lowest BCUT2D eigenvalue weighted by Crippen LogP contribution is -2.07. The van der Waals surface area contributed by atoms with Gasteiger partial charge in [0.15, 0.2) is 15.6 Å². The van der Waals surface area contributed by atoms with Crippen molar-refractivity contribution in [2.24, 2.45) is 0 Å². The highest BCUT2D eigenvalue weighted by Crippen LogP contribution is 2.26. The van der Waals surface area contributed by atoms with E-state index < -0.39 is 15.8 Å². The number of carboxylic acid groups (broad SMARTS) is 1. The van der Waals surface area contributed by atoms with E-state index in [0.29, 0.717) is 4.47 Å². The Morgan fingerprint density at radius 2 is 2.11 bits per heavy atom. The second-order valence-electron chi connectivity index (χ2n) is 3.69. The van der Waals surface area contributed by atoms with Crippen LogP contribution in [0.3, 0.4) is 0 Å². The molecular formula is C11H8BrNO5S. The van der Waals surface area contributed by atoms with Gasteiger partial charge in [-0.2, -0.15) is 0 Å². The van der Waals surface area contributed by atoms with Gasteiger partial charge in [-0.1, -0.05) is 5.16 Å². The summed E-state index contributed by atoms with van der Waals surface area (Å²) in [6, 6.07) is 5.25. The molecule has 1 heterocycles. The zero-order chi connectivity index (χ0) is 14.0. The standard InChI is InChI=1S/C11H8BrNO5S/c12-9-2-1-7(11(14)15)5-10(9)19(16,17)6-8-3-4-13-18-8/h1-5H,6H2,(H,14,15). The number of aromatic carboxylic acids is 1. The molecule has 0 unspecified atom stereocenters. The van der Waals surface area contributed by atoms with Crippen LogP contribution >= 0.6 is 15.9 Å². The van der Waals surface area contributed by atoms with E-state index in [-0.39, 0.29) is 22.0 Å². The van der Waals surface area contributed by atoms with Crippen LogP contribution in [0.1, 0.15) is 16.1 Å². The molecule has 100 valence electrons. The Bertz CT molecular complexity index is 709. The number of aromatic nitrogens is 1. The number of hydrogen-bond acceptors (Lipinski definition) is 5. The summed E-state index contributed by atoms with van der Waals surface area (Å²) in [4.78, 5) is 10.8. The van der Waals surface area contributed by atoms with Crippen molar-refractivity contribution in [2.75, 3.05) is 0 Å². The van der Waals surface area contributed by atoms with E-state index in [2.05, 4.69) is 21.1 Å². The first-order valence-corrected chi connectivity index (χ1v) is 7.50. The first kappa shape index (κ1) is 13.8. The predicted molar refractivity (Wildman–Crippen MR) is 68.5 cm³/mol. The molecule has 0 bridgehead atoms. The predicted octanol–water partition coefficient (Wildman–Crippen LogP) is 2.11. The molecule has 2 aromatic rings. The second-order valence-corrected chi connectivity index (χ2v) is 6.50. The molecule has 0 saturated heterocycles. The van der Waals surface area contributed by atoms with Crippen molar-refractivity contribution >= 4 is 31.7 Å². The fourth-order valence-corrected chi connectivity index (χ4v) is 3.79. The third-order valence-corrected chi connectivity index (χ3v) is 4.96. The molecule has 0 amide bonds. The van der Waals surface area contributed by atoms with E-state index in [1.807, 2.05) is 0 Å². The molecule has 0 fully saturated rings. The molecular weight excluding hydrogens is 338 g/mol. The van der Waals surface area contributed by atoms with Crippen LogP contribution in [0, 0.1) is 0 Å². The van der Waals surface area contributed by atoms with Crippen LogP contribution < -0.4 is 0 Å². The molecule has 1 aromatic carbocycles. The molecule has 8 heteroatoms. The van der Waals surface area contributed by atoms with E-state index in [1.54, 1.807) is 0 Å². The average Bonchev–Trinajstić information content (AvgIpc) is 2.81. The van der Waals surface area contributed by atoms with Gasteiger partial charge in [0.25, 0.3) is 0 Å². The Labute approximate surface area is 117 Å². The maximum Gasteiger partial charge on any atom is 0.335 e. The minimum atomic E-state index is -3.71. The van der Waals surface area contributed by atoms with Gasteiger partial charge in [-0.15, -0.1) is 0 Å². The van der Waals surface area contributed by atoms with Crippen molar-refractivity contribution in [3.8, 4) is 0 Å². The zero-order valence-corrected chi connectivity index (χ0v) is 11.8. The molecule has 2 rings (SSSR count). The van der Waals surface area contributed by atoms with Crippen molar-refractivity contribution in [2.45, 2.75) is 10.6 Å². The fraction of sp³-hybridized carbons (Fsp3) is 0.0909. The number of carboxylic acids is 1. The lowest BCUT2D eigenvalue weighted by Gasteiger charge is -2.06. The number of sulfone groups is 1. The lowest BCUT2D eigenvalue weighted by atomic mass is 10.2. The third kappa shape index (κ3) is 3.02. The van der Waals surface area contributed by atoms with Crippen molar-refractivity contribution in [1.29, 1.82) is 0 Å². The van der Waals surface area contributed by atoms with Crippen molar-refractivity contribution in [3.05, 3.63) is 46.3 Å². The zero-order valence-electron chi connectivity index (χ0n) is 9.41. The minimum absolute atomic E-state index is 0.0937. The van der Waals surface area contributed by atoms with E-state index >= 15 is 0 Å². The first-order valence-electron chi connectivity index (χ1n) is 5.05. The molecule has 1 N–H and O–H groups in total. The van der Waals surface area contributed by atoms with Gasteiger partial charge in [-0.25, -0.2) is 13.2 Å². The highest BCUT2D eigenvalue weighted by atomic mass is 79.9. The van der Waals surface area contributed by atoms with Gasteiger partial charge in [0.2, 0.25) is 0 Å². The monoisotopic (exact) mass is 345 g/mol. The third-order valence-electron chi connectivity index (χ3n) is 2.34. The van der Waals surface area contributed by atoms with Crippen LogP contribution in [0.25, 0.3) is 0 Å². The second kappa shape index (κ2) is 5.14. The molecule has 1 aromatic heterocycles. The highest BCUT2D eigenvalue weighted by Gasteiger charge is 2.22. The van der Waals surface area contributed by atoms with E-state index in [4.69, 9.17) is 9.63 Å². The topological polar surface area (TPSA) is 97.5 Å². The maximum atomic E-state index is 12.2. The Morgan fingerprint density at radius 3 is 2.68 bits per heavy atom. The van der Waals surface area contributed by atoms with Crippen LogP contribution in [0.2, 0.25) is 0 Å². The summed E-state index contributed by atoms with van der Waals surface area (Å²) in [5, 5.41) is 12.3. The van der Waals surface area contributed by atoms with E-state index in [0.717, 1.165) is 6.07 Å². The Hall–Kier alpha value is -1.67. The van der Waals surface area contributed by atoms with Gasteiger partial charge in [0, 0.05) is 10.5 Å². The summed E-state index contributed by atoms with van der Waals surface area (Å²) in [6.07, 6.45) is 1.34. The van der Waals surface area contributed by atoms with E-state index in [1.165, 1.54) is 24.4 Å². The number of nitrogens with zero attached hydrogens (tertiary/aromatic N) is 1. The Balaban J connectivity index is 2.45. The summed E-state index contributed by atoms with van der Waals surface area (Å²) >= 11 is 3.10. The molecule has 0 spiro atoms. The number of hydrogen-bond donors (Lipinski definition) is 1. The van der Waals surface area contributed by atoms with Crippen LogP contribution in [0.5, 0.6) is 0 Å². The maximum absolute atomic E-state index is 12.2. The molecule has 0 aliphatic heterocycles. The van der Waals surface area contributed by atoms with Crippen molar-refractivity contribution in [1.82, 2.24) is 5.16 Å². The van der Waals surface area contributed by atoms with Crippen LogP contribution in [0.15, 0.2) is 44.4 Å². The molecule has 0 saturated carbocycles. The van der Waals surface area contributed by atoms with Gasteiger partial charge in [-0.3, -0.25) is 0 Å². The minimum Gasteiger partial charge on any atom is -0.478 e. The molecule has 0 radical (unpaired) electrons. The summed E-state index contributed by atoms with van der Waals surface area (Å²) in [5.41, 5.74) is -0.0978. The number of rotatable bonds is 4. The van der Waals surface area contributed by atoms with Crippen molar-refractivity contribution in [3.63, 3.8) is 0 Å². The smallest absolute Gasteiger partial charge is 0.335 e. The summed E-state index contributed by atoms with van der Waals surface area (Å²) in [5.74, 6) is -1.38. The number of carbonyl (C=O) groups is 1. The van der Waals surface area contributed by atoms with E-state index in [9.17, 15) is 13.2 Å². The van der Waals surface area contributed by atoms with Gasteiger partial charge >= 0.3 is 5.97 Å². The van der Waals surface area contributed by atoms with Crippen LogP contribution in [-0.4, -0.2) is 24.7 Å². The van der Waals surface area contributed by atoms with Gasteiger partial charge in [0.05, 0.1) is 16.7 Å². The molecule has 0 atom stereocenters. The van der Waals surface area contributed by atoms with Gasteiger partial charge in [0.1, 0.15) is 5.75 Å². The molecule has 0 aliphatic rings. The molecule has 19 heavy (non-hydrogen) atoms. The van der Waals surface area contributed by atoms with Gasteiger partial charge < -0.3 is 9.63 Å². The summed E-state index contributed by atoms with van der Waals surface area (Å²) in [6.45, 7) is 0. The molecule has 6 nitrogen and oxygen atoms in total. The number of benzene rings is 1. The van der Waals surface area contributed by atoms with Crippen LogP contribution in [-0.2, 0) is 15.6 Å². The lowest BCUT2D eigenvalue weighted by molar-refractivity contribution is 0.0696. The largest absolute Gasteiger partial charge is 0.478 e. The van der Waals surface area contributed by atoms with Crippen molar-refractivity contribution < 1.29 is 22.8 Å². The normalized spacial score (nSPS) is 11.4. The Morgan fingerprint density at radius 1 is 1.37 bits per heavy atom. The fourth-order valence-electron chi connectivity index (χ4n) is 1.46. The number of halogens is 1. The molecule has 0 aliphatic carbocycles. The van der Waals surface area contributed by atoms with Crippen LogP contribution in [0.4, 0.5) is 0 Å². The Kier molecular flexibility index (Phi) is 3.72. The summed E-state index contributed by atoms with van der Waals surface area (Å²) in [7, 11) is -3.71. The quantitative estimate of drug-likeness (QED) is 0.911. The average molecular weight is 346 g/mol. The SMILES string of the molecule is O=C(O)c1ccc(Br)c(S(=O)(=O)Cc2ccno2)c1.